The van der Waals surface area contributed by atoms with Gasteiger partial charge in [-0.3, -0.25) is 9.69 Å². The van der Waals surface area contributed by atoms with Gasteiger partial charge in [-0.2, -0.15) is 0 Å². The van der Waals surface area contributed by atoms with Crippen molar-refractivity contribution in [3.05, 3.63) is 64.7 Å². The first-order valence-electron chi connectivity index (χ1n) is 9.13. The molecule has 26 heavy (non-hydrogen) atoms. The van der Waals surface area contributed by atoms with E-state index in [0.717, 1.165) is 24.1 Å². The lowest BCUT2D eigenvalue weighted by atomic mass is 9.96. The van der Waals surface area contributed by atoms with Gasteiger partial charge in [0, 0.05) is 5.69 Å². The number of para-hydroxylation sites is 1. The molecular weight excluding hydrogens is 328 g/mol. The van der Waals surface area contributed by atoms with Crippen molar-refractivity contribution in [2.45, 2.75) is 31.8 Å². The van der Waals surface area contributed by atoms with Crippen LogP contribution in [0.1, 0.15) is 35.2 Å². The molecule has 5 heteroatoms. The maximum absolute atomic E-state index is 13.1. The molecule has 3 aliphatic rings. The monoisotopic (exact) mass is 348 g/mol. The van der Waals surface area contributed by atoms with E-state index in [2.05, 4.69) is 24.3 Å². The Balaban J connectivity index is 1.70. The second-order valence-electron chi connectivity index (χ2n) is 7.10. The predicted molar refractivity (Wildman–Crippen MR) is 97.1 cm³/mol. The van der Waals surface area contributed by atoms with E-state index >= 15 is 0 Å². The molecule has 5 nitrogen and oxygen atoms in total. The van der Waals surface area contributed by atoms with E-state index in [4.69, 9.17) is 4.74 Å². The average Bonchev–Trinajstić information content (AvgIpc) is 2.94. The molecule has 0 radical (unpaired) electrons. The van der Waals surface area contributed by atoms with Crippen molar-refractivity contribution in [2.24, 2.45) is 0 Å². The maximum atomic E-state index is 13.1. The van der Waals surface area contributed by atoms with Crippen LogP contribution in [0.25, 0.3) is 0 Å². The van der Waals surface area contributed by atoms with Crippen molar-refractivity contribution in [3.8, 4) is 0 Å². The van der Waals surface area contributed by atoms with Gasteiger partial charge in [0.1, 0.15) is 6.54 Å². The Morgan fingerprint density at radius 2 is 1.88 bits per heavy atom. The summed E-state index contributed by atoms with van der Waals surface area (Å²) < 4.78 is 5.24. The zero-order valence-electron chi connectivity index (χ0n) is 14.6. The number of hydrogen-bond acceptors (Lipinski definition) is 3. The lowest BCUT2D eigenvalue weighted by Crippen LogP contribution is -2.58. The highest BCUT2D eigenvalue weighted by molar-refractivity contribution is 6.00. The number of carbonyl (C=O) groups is 2. The van der Waals surface area contributed by atoms with Crippen LogP contribution in [0, 0.1) is 0 Å². The molecule has 2 atom stereocenters. The quantitative estimate of drug-likeness (QED) is 0.796. The molecular formula is C21H20N2O3. The molecule has 2 aliphatic heterocycles. The van der Waals surface area contributed by atoms with Crippen LogP contribution in [0.4, 0.5) is 10.5 Å². The summed E-state index contributed by atoms with van der Waals surface area (Å²) in [5, 5.41) is 0. The van der Waals surface area contributed by atoms with Crippen LogP contribution in [-0.4, -0.2) is 36.1 Å². The third-order valence-corrected chi connectivity index (χ3v) is 5.76. The molecule has 132 valence electrons. The lowest BCUT2D eigenvalue weighted by molar-refractivity contribution is -0.123. The van der Waals surface area contributed by atoms with Gasteiger partial charge in [-0.05, 0) is 48.1 Å². The topological polar surface area (TPSA) is 49.9 Å². The highest BCUT2D eigenvalue weighted by Crippen LogP contribution is 2.48. The third-order valence-electron chi connectivity index (χ3n) is 5.76. The molecule has 1 aliphatic carbocycles. The minimum Gasteiger partial charge on any atom is -0.450 e. The van der Waals surface area contributed by atoms with Crippen LogP contribution >= 0.6 is 0 Å². The SMILES string of the molecule is CCOC(=O)N1CC(=O)N2c3ccccc3Cc3cccc4c3[C@@H]2[C@H]1C4. The van der Waals surface area contributed by atoms with Crippen molar-refractivity contribution in [3.63, 3.8) is 0 Å². The summed E-state index contributed by atoms with van der Waals surface area (Å²) in [5.41, 5.74) is 5.84. The Bertz CT molecular complexity index is 923. The summed E-state index contributed by atoms with van der Waals surface area (Å²) in [5.74, 6) is -0.0451. The van der Waals surface area contributed by atoms with Gasteiger partial charge in [0.2, 0.25) is 5.91 Å². The molecule has 0 spiro atoms. The van der Waals surface area contributed by atoms with E-state index in [1.807, 2.05) is 23.1 Å². The molecule has 2 aromatic rings. The van der Waals surface area contributed by atoms with E-state index in [-0.39, 0.29) is 24.5 Å². The molecule has 0 unspecified atom stereocenters. The highest BCUT2D eigenvalue weighted by Gasteiger charge is 2.50. The molecule has 5 rings (SSSR count). The first-order chi connectivity index (χ1) is 12.7. The van der Waals surface area contributed by atoms with Gasteiger partial charge in [-0.1, -0.05) is 36.4 Å². The molecule has 0 bridgehead atoms. The first-order valence-corrected chi connectivity index (χ1v) is 9.13. The second kappa shape index (κ2) is 5.59. The fourth-order valence-electron chi connectivity index (χ4n) is 4.77. The Hall–Kier alpha value is -2.82. The maximum Gasteiger partial charge on any atom is 0.410 e. The van der Waals surface area contributed by atoms with Crippen LogP contribution in [0.15, 0.2) is 42.5 Å². The van der Waals surface area contributed by atoms with Crippen molar-refractivity contribution in [1.82, 2.24) is 4.90 Å². The summed E-state index contributed by atoms with van der Waals surface area (Å²) in [4.78, 5) is 29.2. The van der Waals surface area contributed by atoms with Crippen LogP contribution < -0.4 is 4.90 Å². The van der Waals surface area contributed by atoms with Crippen molar-refractivity contribution < 1.29 is 14.3 Å². The van der Waals surface area contributed by atoms with E-state index in [9.17, 15) is 9.59 Å². The zero-order valence-corrected chi connectivity index (χ0v) is 14.6. The molecule has 0 saturated carbocycles. The van der Waals surface area contributed by atoms with E-state index < -0.39 is 6.09 Å². The second-order valence-corrected chi connectivity index (χ2v) is 7.10. The van der Waals surface area contributed by atoms with Crippen LogP contribution in [-0.2, 0) is 22.4 Å². The average molecular weight is 348 g/mol. The Kier molecular flexibility index (Phi) is 3.32. The van der Waals surface area contributed by atoms with Crippen molar-refractivity contribution in [2.75, 3.05) is 18.1 Å². The van der Waals surface area contributed by atoms with Gasteiger partial charge >= 0.3 is 6.09 Å². The Morgan fingerprint density at radius 1 is 1.12 bits per heavy atom. The van der Waals surface area contributed by atoms with E-state index in [0.29, 0.717) is 6.61 Å². The smallest absolute Gasteiger partial charge is 0.410 e. The minimum absolute atomic E-state index is 0.0451. The number of carbonyl (C=O) groups excluding carboxylic acids is 2. The first kappa shape index (κ1) is 15.4. The molecule has 2 aromatic carbocycles. The molecule has 2 heterocycles. The normalized spacial score (nSPS) is 22.6. The standard InChI is InChI=1S/C21H20N2O3/c1-2-26-21(25)22-12-18(24)23-16-9-4-3-6-13(16)10-14-7-5-8-15-11-17(22)20(23)19(14)15/h3-9,17,20H,2,10-12H2,1H3/t17-,20+/m1/s1. The number of benzene rings is 2. The summed E-state index contributed by atoms with van der Waals surface area (Å²) in [7, 11) is 0. The van der Waals surface area contributed by atoms with Gasteiger partial charge < -0.3 is 9.64 Å². The van der Waals surface area contributed by atoms with Crippen molar-refractivity contribution >= 4 is 17.7 Å². The van der Waals surface area contributed by atoms with Crippen LogP contribution in [0.2, 0.25) is 0 Å². The molecule has 1 fully saturated rings. The van der Waals surface area contributed by atoms with Crippen molar-refractivity contribution in [1.29, 1.82) is 0 Å². The number of fused-ring (bicyclic) bond motifs is 2. The molecule has 0 aromatic heterocycles. The lowest BCUT2D eigenvalue weighted by Gasteiger charge is -2.43. The summed E-state index contributed by atoms with van der Waals surface area (Å²) >= 11 is 0. The number of piperazine rings is 1. The largest absolute Gasteiger partial charge is 0.450 e. The zero-order chi connectivity index (χ0) is 17.8. The number of amides is 2. The molecule has 2 amide bonds. The summed E-state index contributed by atoms with van der Waals surface area (Å²) in [6, 6.07) is 14.3. The summed E-state index contributed by atoms with van der Waals surface area (Å²) in [6.45, 7) is 2.17. The van der Waals surface area contributed by atoms with Crippen LogP contribution in [0.5, 0.6) is 0 Å². The van der Waals surface area contributed by atoms with Gasteiger partial charge in [0.05, 0.1) is 18.7 Å². The van der Waals surface area contributed by atoms with Gasteiger partial charge in [-0.15, -0.1) is 0 Å². The number of ether oxygens (including phenoxy) is 1. The number of rotatable bonds is 1. The Morgan fingerprint density at radius 3 is 2.73 bits per heavy atom. The minimum atomic E-state index is -0.391. The van der Waals surface area contributed by atoms with Gasteiger partial charge in [0.25, 0.3) is 0 Å². The number of anilines is 1. The molecule has 0 N–H and O–H groups in total. The highest BCUT2D eigenvalue weighted by atomic mass is 16.6. The molecule has 1 saturated heterocycles. The Labute approximate surface area is 152 Å². The fourth-order valence-corrected chi connectivity index (χ4v) is 4.77. The number of hydrogen-bond donors (Lipinski definition) is 0. The van der Waals surface area contributed by atoms with E-state index in [1.165, 1.54) is 16.7 Å². The third kappa shape index (κ3) is 2.03. The fraction of sp³-hybridized carbons (Fsp3) is 0.333. The van der Waals surface area contributed by atoms with Gasteiger partial charge in [0.15, 0.2) is 0 Å². The summed E-state index contributed by atoms with van der Waals surface area (Å²) in [6.07, 6.45) is 1.18. The predicted octanol–water partition coefficient (Wildman–Crippen LogP) is 3.06. The van der Waals surface area contributed by atoms with Crippen LogP contribution in [0.3, 0.4) is 0 Å². The number of nitrogens with zero attached hydrogens (tertiary/aromatic N) is 2. The van der Waals surface area contributed by atoms with Gasteiger partial charge in [-0.25, -0.2) is 4.79 Å². The van der Waals surface area contributed by atoms with E-state index in [1.54, 1.807) is 11.8 Å².